The second kappa shape index (κ2) is 5.40. The smallest absolute Gasteiger partial charge is 0.0782 e. The molecule has 1 aromatic rings. The largest absolute Gasteiger partial charge is 0.389 e. The highest BCUT2D eigenvalue weighted by Crippen LogP contribution is 2.32. The van der Waals surface area contributed by atoms with Gasteiger partial charge in [-0.1, -0.05) is 22.9 Å². The van der Waals surface area contributed by atoms with Crippen LogP contribution in [0.25, 0.3) is 0 Å². The standard InChI is InChI=1S/C14H20BrNO/c1-10-4-3-7-16(9-10)14-6-5-12(15)8-13(14)11(2)17/h5-6,8,10-11,17H,3-4,7,9H2,1-2H3. The number of benzene rings is 1. The highest BCUT2D eigenvalue weighted by atomic mass is 79.9. The maximum Gasteiger partial charge on any atom is 0.0782 e. The van der Waals surface area contributed by atoms with Gasteiger partial charge in [0.05, 0.1) is 6.10 Å². The molecule has 1 N–H and O–H groups in total. The summed E-state index contributed by atoms with van der Waals surface area (Å²) in [5.41, 5.74) is 2.21. The van der Waals surface area contributed by atoms with Crippen LogP contribution in [0.3, 0.4) is 0 Å². The van der Waals surface area contributed by atoms with Crippen molar-refractivity contribution in [1.82, 2.24) is 0 Å². The van der Waals surface area contributed by atoms with E-state index in [-0.39, 0.29) is 0 Å². The van der Waals surface area contributed by atoms with Crippen molar-refractivity contribution in [3.05, 3.63) is 28.2 Å². The third-order valence-electron chi connectivity index (χ3n) is 3.44. The molecule has 3 heteroatoms. The van der Waals surface area contributed by atoms with Crippen molar-refractivity contribution >= 4 is 21.6 Å². The summed E-state index contributed by atoms with van der Waals surface area (Å²) in [4.78, 5) is 2.41. The summed E-state index contributed by atoms with van der Waals surface area (Å²) in [6.45, 7) is 6.33. The fraction of sp³-hybridized carbons (Fsp3) is 0.571. The second-order valence-corrected chi connectivity index (χ2v) is 5.99. The molecule has 0 aromatic heterocycles. The molecule has 0 radical (unpaired) electrons. The molecule has 17 heavy (non-hydrogen) atoms. The van der Waals surface area contributed by atoms with Gasteiger partial charge in [0.1, 0.15) is 0 Å². The van der Waals surface area contributed by atoms with Crippen LogP contribution in [0.2, 0.25) is 0 Å². The highest BCUT2D eigenvalue weighted by molar-refractivity contribution is 9.10. The van der Waals surface area contributed by atoms with Gasteiger partial charge in [-0.05, 0) is 43.9 Å². The lowest BCUT2D eigenvalue weighted by atomic mass is 9.98. The van der Waals surface area contributed by atoms with Gasteiger partial charge >= 0.3 is 0 Å². The number of aliphatic hydroxyl groups is 1. The molecule has 2 atom stereocenters. The molecule has 2 unspecified atom stereocenters. The first kappa shape index (κ1) is 12.9. The molecule has 1 aliphatic heterocycles. The topological polar surface area (TPSA) is 23.5 Å². The van der Waals surface area contributed by atoms with Gasteiger partial charge < -0.3 is 10.0 Å². The Bertz CT molecular complexity index is 392. The van der Waals surface area contributed by atoms with Crippen molar-refractivity contribution in [2.45, 2.75) is 32.8 Å². The van der Waals surface area contributed by atoms with Gasteiger partial charge in [0.2, 0.25) is 0 Å². The van der Waals surface area contributed by atoms with Crippen molar-refractivity contribution in [3.63, 3.8) is 0 Å². The molecule has 0 amide bonds. The van der Waals surface area contributed by atoms with E-state index in [2.05, 4.69) is 39.9 Å². The van der Waals surface area contributed by atoms with Gasteiger partial charge in [-0.3, -0.25) is 0 Å². The Morgan fingerprint density at radius 3 is 2.88 bits per heavy atom. The number of piperidine rings is 1. The van der Waals surface area contributed by atoms with E-state index in [1.54, 1.807) is 0 Å². The Balaban J connectivity index is 2.30. The van der Waals surface area contributed by atoms with E-state index in [1.807, 2.05) is 13.0 Å². The van der Waals surface area contributed by atoms with Crippen LogP contribution >= 0.6 is 15.9 Å². The van der Waals surface area contributed by atoms with Crippen molar-refractivity contribution < 1.29 is 5.11 Å². The predicted octanol–water partition coefficient (Wildman–Crippen LogP) is 3.74. The lowest BCUT2D eigenvalue weighted by molar-refractivity contribution is 0.199. The Labute approximate surface area is 112 Å². The summed E-state index contributed by atoms with van der Waals surface area (Å²) >= 11 is 3.47. The first-order valence-electron chi connectivity index (χ1n) is 6.30. The van der Waals surface area contributed by atoms with Crippen LogP contribution in [0.15, 0.2) is 22.7 Å². The average molecular weight is 298 g/mol. The van der Waals surface area contributed by atoms with Crippen LogP contribution in [0.4, 0.5) is 5.69 Å². The van der Waals surface area contributed by atoms with E-state index >= 15 is 0 Å². The molecule has 1 fully saturated rings. The molecule has 0 aliphatic carbocycles. The van der Waals surface area contributed by atoms with Crippen LogP contribution in [0.5, 0.6) is 0 Å². The summed E-state index contributed by atoms with van der Waals surface area (Å²) in [6.07, 6.45) is 2.15. The van der Waals surface area contributed by atoms with E-state index in [0.717, 1.165) is 29.0 Å². The van der Waals surface area contributed by atoms with Gasteiger partial charge in [-0.25, -0.2) is 0 Å². The minimum absolute atomic E-state index is 0.417. The van der Waals surface area contributed by atoms with Gasteiger partial charge in [-0.15, -0.1) is 0 Å². The van der Waals surface area contributed by atoms with Crippen LogP contribution in [-0.4, -0.2) is 18.2 Å². The molecule has 0 bridgehead atoms. The summed E-state index contributed by atoms with van der Waals surface area (Å²) in [5.74, 6) is 0.745. The molecule has 0 spiro atoms. The van der Waals surface area contributed by atoms with E-state index < -0.39 is 6.10 Å². The predicted molar refractivity (Wildman–Crippen MR) is 75.4 cm³/mol. The van der Waals surface area contributed by atoms with Crippen LogP contribution in [0.1, 0.15) is 38.4 Å². The maximum atomic E-state index is 9.88. The van der Waals surface area contributed by atoms with Gasteiger partial charge in [0, 0.05) is 28.8 Å². The lowest BCUT2D eigenvalue weighted by Crippen LogP contribution is -2.35. The number of hydrogen-bond donors (Lipinski definition) is 1. The minimum atomic E-state index is -0.417. The van der Waals surface area contributed by atoms with Crippen molar-refractivity contribution in [2.75, 3.05) is 18.0 Å². The third kappa shape index (κ3) is 3.02. The van der Waals surface area contributed by atoms with E-state index in [9.17, 15) is 5.11 Å². The highest BCUT2D eigenvalue weighted by Gasteiger charge is 2.20. The molecule has 94 valence electrons. The molecular formula is C14H20BrNO. The quantitative estimate of drug-likeness (QED) is 0.899. The number of aliphatic hydroxyl groups excluding tert-OH is 1. The number of halogens is 1. The normalized spacial score (nSPS) is 22.6. The Morgan fingerprint density at radius 1 is 1.47 bits per heavy atom. The van der Waals surface area contributed by atoms with Gasteiger partial charge in [0.25, 0.3) is 0 Å². The molecular weight excluding hydrogens is 278 g/mol. The number of rotatable bonds is 2. The monoisotopic (exact) mass is 297 g/mol. The summed E-state index contributed by atoms with van der Waals surface area (Å²) < 4.78 is 1.03. The van der Waals surface area contributed by atoms with Crippen LogP contribution < -0.4 is 4.90 Å². The SMILES string of the molecule is CC1CCCN(c2ccc(Br)cc2C(C)O)C1. The molecule has 1 saturated heterocycles. The van der Waals surface area contributed by atoms with Crippen LogP contribution in [0, 0.1) is 5.92 Å². The fourth-order valence-electron chi connectivity index (χ4n) is 2.56. The lowest BCUT2D eigenvalue weighted by Gasteiger charge is -2.34. The summed E-state index contributed by atoms with van der Waals surface area (Å²) in [7, 11) is 0. The Hall–Kier alpha value is -0.540. The van der Waals surface area contributed by atoms with E-state index in [1.165, 1.54) is 18.5 Å². The number of hydrogen-bond acceptors (Lipinski definition) is 2. The van der Waals surface area contributed by atoms with E-state index in [4.69, 9.17) is 0 Å². The van der Waals surface area contributed by atoms with Crippen molar-refractivity contribution in [1.29, 1.82) is 0 Å². The van der Waals surface area contributed by atoms with Crippen molar-refractivity contribution in [3.8, 4) is 0 Å². The summed E-state index contributed by atoms with van der Waals surface area (Å²) in [5, 5.41) is 9.88. The zero-order valence-corrected chi connectivity index (χ0v) is 12.1. The molecule has 2 rings (SSSR count). The Morgan fingerprint density at radius 2 is 2.24 bits per heavy atom. The first-order chi connectivity index (χ1) is 8.08. The minimum Gasteiger partial charge on any atom is -0.389 e. The van der Waals surface area contributed by atoms with Crippen molar-refractivity contribution in [2.24, 2.45) is 5.92 Å². The van der Waals surface area contributed by atoms with Gasteiger partial charge in [0.15, 0.2) is 0 Å². The molecule has 1 aliphatic rings. The molecule has 2 nitrogen and oxygen atoms in total. The molecule has 1 heterocycles. The molecule has 1 aromatic carbocycles. The average Bonchev–Trinajstić information content (AvgIpc) is 2.28. The fourth-order valence-corrected chi connectivity index (χ4v) is 2.93. The van der Waals surface area contributed by atoms with E-state index in [0.29, 0.717) is 0 Å². The summed E-state index contributed by atoms with van der Waals surface area (Å²) in [6, 6.07) is 6.20. The zero-order valence-electron chi connectivity index (χ0n) is 10.5. The Kier molecular flexibility index (Phi) is 4.10. The zero-order chi connectivity index (χ0) is 12.4. The first-order valence-corrected chi connectivity index (χ1v) is 7.09. The molecule has 0 saturated carbocycles. The second-order valence-electron chi connectivity index (χ2n) is 5.07. The third-order valence-corrected chi connectivity index (χ3v) is 3.93. The number of nitrogens with zero attached hydrogens (tertiary/aromatic N) is 1. The van der Waals surface area contributed by atoms with Crippen LogP contribution in [-0.2, 0) is 0 Å². The maximum absolute atomic E-state index is 9.88. The van der Waals surface area contributed by atoms with Gasteiger partial charge in [-0.2, -0.15) is 0 Å². The number of anilines is 1.